The molecule has 0 radical (unpaired) electrons. The second-order valence-electron chi connectivity index (χ2n) is 9.41. The highest BCUT2D eigenvalue weighted by atomic mass is 16.4. The van der Waals surface area contributed by atoms with Gasteiger partial charge in [0, 0.05) is 12.3 Å². The predicted molar refractivity (Wildman–Crippen MR) is 110 cm³/mol. The average molecular weight is 381 g/mol. The number of carboxylic acid groups (broad SMARTS) is 1. The van der Waals surface area contributed by atoms with Gasteiger partial charge in [-0.05, 0) is 63.7 Å². The van der Waals surface area contributed by atoms with Crippen molar-refractivity contribution in [3.05, 3.63) is 11.6 Å². The summed E-state index contributed by atoms with van der Waals surface area (Å²) in [7, 11) is 0. The van der Waals surface area contributed by atoms with E-state index in [1.165, 1.54) is 18.4 Å². The van der Waals surface area contributed by atoms with Gasteiger partial charge in [0.1, 0.15) is 5.78 Å². The third-order valence-corrected chi connectivity index (χ3v) is 6.01. The Hall–Kier alpha value is -1.16. The molecular weight excluding hydrogens is 340 g/mol. The minimum atomic E-state index is -1.25. The van der Waals surface area contributed by atoms with Crippen LogP contribution in [0.5, 0.6) is 0 Å². The normalized spacial score (nSPS) is 21.3. The van der Waals surface area contributed by atoms with Crippen molar-refractivity contribution in [3.8, 4) is 0 Å². The number of aliphatic hydroxyl groups is 1. The van der Waals surface area contributed by atoms with E-state index in [-0.39, 0.29) is 5.92 Å². The van der Waals surface area contributed by atoms with E-state index in [2.05, 4.69) is 33.8 Å². The van der Waals surface area contributed by atoms with Gasteiger partial charge in [-0.25, -0.2) is 4.79 Å². The molecule has 1 rings (SSSR count). The van der Waals surface area contributed by atoms with Crippen LogP contribution >= 0.6 is 0 Å². The van der Waals surface area contributed by atoms with E-state index in [0.717, 1.165) is 44.9 Å². The number of aliphatic carboxylic acids is 1. The van der Waals surface area contributed by atoms with E-state index in [0.29, 0.717) is 30.0 Å². The highest BCUT2D eigenvalue weighted by Crippen LogP contribution is 2.38. The molecule has 0 spiro atoms. The average Bonchev–Trinajstić information content (AvgIpc) is 2.92. The third-order valence-electron chi connectivity index (χ3n) is 6.01. The molecule has 4 nitrogen and oxygen atoms in total. The maximum absolute atomic E-state index is 12.3. The second-order valence-corrected chi connectivity index (χ2v) is 9.41. The van der Waals surface area contributed by atoms with Crippen LogP contribution in [0.3, 0.4) is 0 Å². The lowest BCUT2D eigenvalue weighted by Crippen LogP contribution is -2.19. The van der Waals surface area contributed by atoms with Crippen molar-refractivity contribution in [2.75, 3.05) is 0 Å². The smallest absolute Gasteiger partial charge is 0.332 e. The molecule has 1 unspecified atom stereocenters. The van der Waals surface area contributed by atoms with Crippen molar-refractivity contribution >= 4 is 11.8 Å². The summed E-state index contributed by atoms with van der Waals surface area (Å²) in [5, 5.41) is 18.0. The first-order valence-electron chi connectivity index (χ1n) is 10.7. The molecule has 0 aromatic carbocycles. The highest BCUT2D eigenvalue weighted by Gasteiger charge is 2.33. The minimum Gasteiger partial charge on any atom is -0.479 e. The van der Waals surface area contributed by atoms with Gasteiger partial charge < -0.3 is 10.2 Å². The monoisotopic (exact) mass is 380 g/mol. The Morgan fingerprint density at radius 2 is 1.89 bits per heavy atom. The van der Waals surface area contributed by atoms with Gasteiger partial charge in [-0.3, -0.25) is 4.79 Å². The zero-order valence-corrected chi connectivity index (χ0v) is 17.8. The van der Waals surface area contributed by atoms with Gasteiger partial charge in [0.05, 0.1) is 0 Å². The number of ketones is 1. The maximum atomic E-state index is 12.3. The number of carbonyl (C=O) groups excluding carboxylic acids is 1. The number of allylic oxidation sites excluding steroid dienone is 2. The lowest BCUT2D eigenvalue weighted by atomic mass is 9.80. The Morgan fingerprint density at radius 1 is 1.19 bits per heavy atom. The van der Waals surface area contributed by atoms with Crippen molar-refractivity contribution in [3.63, 3.8) is 0 Å². The van der Waals surface area contributed by atoms with Gasteiger partial charge in [-0.15, -0.1) is 0 Å². The molecule has 0 heterocycles. The molecule has 1 fully saturated rings. The zero-order chi connectivity index (χ0) is 20.4. The molecule has 156 valence electrons. The maximum Gasteiger partial charge on any atom is 0.332 e. The Bertz CT molecular complexity index is 503. The molecule has 0 aromatic rings. The molecule has 0 aliphatic heterocycles. The largest absolute Gasteiger partial charge is 0.479 e. The van der Waals surface area contributed by atoms with Gasteiger partial charge in [-0.2, -0.15) is 0 Å². The molecule has 0 aromatic heterocycles. The number of carboxylic acids is 1. The van der Waals surface area contributed by atoms with Gasteiger partial charge in [0.2, 0.25) is 0 Å². The number of aliphatic hydroxyl groups excluding tert-OH is 1. The van der Waals surface area contributed by atoms with Crippen LogP contribution in [0.1, 0.15) is 98.3 Å². The Balaban J connectivity index is 2.31. The summed E-state index contributed by atoms with van der Waals surface area (Å²) in [6.45, 7) is 8.95. The van der Waals surface area contributed by atoms with Gasteiger partial charge >= 0.3 is 5.97 Å². The second kappa shape index (κ2) is 11.6. The fourth-order valence-electron chi connectivity index (χ4n) is 4.15. The van der Waals surface area contributed by atoms with Crippen LogP contribution in [-0.2, 0) is 9.59 Å². The van der Waals surface area contributed by atoms with Crippen LogP contribution < -0.4 is 0 Å². The Kier molecular flexibility index (Phi) is 10.3. The molecule has 0 bridgehead atoms. The molecule has 4 heteroatoms. The zero-order valence-electron chi connectivity index (χ0n) is 17.8. The molecule has 2 N–H and O–H groups in total. The summed E-state index contributed by atoms with van der Waals surface area (Å²) in [6.07, 6.45) is 11.3. The van der Waals surface area contributed by atoms with Crippen molar-refractivity contribution < 1.29 is 19.8 Å². The van der Waals surface area contributed by atoms with Crippen LogP contribution in [0.15, 0.2) is 11.6 Å². The van der Waals surface area contributed by atoms with Crippen LogP contribution in [0.25, 0.3) is 0 Å². The number of unbranched alkanes of at least 4 members (excludes halogenated alkanes) is 2. The van der Waals surface area contributed by atoms with Gasteiger partial charge in [-0.1, -0.05) is 51.2 Å². The number of carbonyl (C=O) groups is 2. The summed E-state index contributed by atoms with van der Waals surface area (Å²) in [5.41, 5.74) is 1.70. The summed E-state index contributed by atoms with van der Waals surface area (Å²) >= 11 is 0. The molecule has 1 aliphatic carbocycles. The molecule has 1 saturated carbocycles. The topological polar surface area (TPSA) is 74.6 Å². The molecule has 0 amide bonds. The summed E-state index contributed by atoms with van der Waals surface area (Å²) in [5.74, 6) is 0.0135. The fourth-order valence-corrected chi connectivity index (χ4v) is 4.15. The van der Waals surface area contributed by atoms with E-state index in [1.807, 2.05) is 0 Å². The van der Waals surface area contributed by atoms with Crippen molar-refractivity contribution in [1.29, 1.82) is 0 Å². The Morgan fingerprint density at radius 3 is 2.52 bits per heavy atom. The fraction of sp³-hybridized carbons (Fsp3) is 0.826. The summed E-state index contributed by atoms with van der Waals surface area (Å²) in [6, 6.07) is 0. The molecule has 1 aliphatic rings. The van der Waals surface area contributed by atoms with Crippen molar-refractivity contribution in [2.45, 2.75) is 104 Å². The quantitative estimate of drug-likeness (QED) is 0.325. The Labute approximate surface area is 165 Å². The predicted octanol–water partition coefficient (Wildman–Crippen LogP) is 5.53. The first kappa shape index (κ1) is 23.9. The lowest BCUT2D eigenvalue weighted by Gasteiger charge is -2.25. The highest BCUT2D eigenvalue weighted by molar-refractivity contribution is 5.83. The third kappa shape index (κ3) is 9.55. The lowest BCUT2D eigenvalue weighted by molar-refractivity contribution is -0.147. The van der Waals surface area contributed by atoms with Gasteiger partial charge in [0.25, 0.3) is 0 Å². The molecule has 3 atom stereocenters. The van der Waals surface area contributed by atoms with Crippen molar-refractivity contribution in [2.24, 2.45) is 17.3 Å². The number of hydrogen-bond donors (Lipinski definition) is 2. The van der Waals surface area contributed by atoms with Gasteiger partial charge in [0.15, 0.2) is 6.10 Å². The van der Waals surface area contributed by atoms with E-state index in [9.17, 15) is 14.7 Å². The van der Waals surface area contributed by atoms with E-state index < -0.39 is 12.1 Å². The number of Topliss-reactive ketones (excluding diaryl/α,β-unsaturated/α-hetero) is 1. The molecule has 0 saturated heterocycles. The number of rotatable bonds is 13. The van der Waals surface area contributed by atoms with E-state index in [1.54, 1.807) is 0 Å². The SMILES string of the molecule is CC(C)=CCC(C)(C)CCC[C@H]1CCC(=O)[C@@H]1CCCCCC(O)C(=O)O. The van der Waals surface area contributed by atoms with Crippen LogP contribution in [0.4, 0.5) is 0 Å². The molecular formula is C23H40O4. The van der Waals surface area contributed by atoms with Crippen LogP contribution in [-0.4, -0.2) is 28.1 Å². The number of hydrogen-bond acceptors (Lipinski definition) is 3. The standard InChI is InChI=1S/C23H40O4/c1-17(2)14-16-23(3,4)15-8-9-18-12-13-20(24)19(18)10-6-5-7-11-21(25)22(26)27/h14,18-19,21,25H,5-13,15-16H2,1-4H3,(H,26,27)/t18-,19+,21?/m0/s1. The first-order chi connectivity index (χ1) is 12.6. The summed E-state index contributed by atoms with van der Waals surface area (Å²) in [4.78, 5) is 22.9. The summed E-state index contributed by atoms with van der Waals surface area (Å²) < 4.78 is 0. The van der Waals surface area contributed by atoms with Crippen LogP contribution in [0.2, 0.25) is 0 Å². The first-order valence-corrected chi connectivity index (χ1v) is 10.7. The van der Waals surface area contributed by atoms with Crippen LogP contribution in [0, 0.1) is 17.3 Å². The molecule has 27 heavy (non-hydrogen) atoms. The van der Waals surface area contributed by atoms with E-state index in [4.69, 9.17) is 5.11 Å². The minimum absolute atomic E-state index is 0.204. The van der Waals surface area contributed by atoms with E-state index >= 15 is 0 Å². The van der Waals surface area contributed by atoms with Crippen molar-refractivity contribution in [1.82, 2.24) is 0 Å².